The van der Waals surface area contributed by atoms with Crippen molar-refractivity contribution in [2.75, 3.05) is 6.54 Å². The van der Waals surface area contributed by atoms with Gasteiger partial charge in [0.1, 0.15) is 0 Å². The lowest BCUT2D eigenvalue weighted by atomic mass is 9.96. The molecule has 1 aromatic rings. The van der Waals surface area contributed by atoms with Crippen LogP contribution < -0.4 is 10.0 Å². The highest BCUT2D eigenvalue weighted by atomic mass is 32.2. The number of hydrogen-bond donors (Lipinski definition) is 2. The molecule has 0 unspecified atom stereocenters. The molecule has 0 bridgehead atoms. The third-order valence-corrected chi connectivity index (χ3v) is 6.08. The van der Waals surface area contributed by atoms with Gasteiger partial charge in [-0.25, -0.2) is 13.1 Å². The zero-order valence-electron chi connectivity index (χ0n) is 14.6. The minimum absolute atomic E-state index is 0.137. The molecule has 2 N–H and O–H groups in total. The SMILES string of the molecule is CCNS(=O)(=O)c1ccc(C)c(C(=O)NC2CCCCCCC2)c1. The number of hydrogen-bond acceptors (Lipinski definition) is 3. The summed E-state index contributed by atoms with van der Waals surface area (Å²) >= 11 is 0. The second-order valence-corrected chi connectivity index (χ2v) is 8.26. The van der Waals surface area contributed by atoms with Crippen LogP contribution >= 0.6 is 0 Å². The molecule has 1 aliphatic rings. The van der Waals surface area contributed by atoms with Crippen LogP contribution in [-0.2, 0) is 10.0 Å². The zero-order valence-corrected chi connectivity index (χ0v) is 15.4. The molecule has 6 heteroatoms. The molecule has 0 aromatic heterocycles. The lowest BCUT2D eigenvalue weighted by Gasteiger charge is -2.21. The van der Waals surface area contributed by atoms with E-state index >= 15 is 0 Å². The molecule has 134 valence electrons. The van der Waals surface area contributed by atoms with Crippen LogP contribution in [0.3, 0.4) is 0 Å². The van der Waals surface area contributed by atoms with E-state index in [0.717, 1.165) is 31.2 Å². The summed E-state index contributed by atoms with van der Waals surface area (Å²) in [5.41, 5.74) is 1.23. The average molecular weight is 353 g/mol. The highest BCUT2D eigenvalue weighted by Crippen LogP contribution is 2.19. The molecule has 0 saturated heterocycles. The highest BCUT2D eigenvalue weighted by Gasteiger charge is 2.20. The van der Waals surface area contributed by atoms with Crippen molar-refractivity contribution in [3.63, 3.8) is 0 Å². The van der Waals surface area contributed by atoms with E-state index in [2.05, 4.69) is 10.0 Å². The molecule has 0 aliphatic heterocycles. The van der Waals surface area contributed by atoms with Crippen LogP contribution in [-0.4, -0.2) is 26.9 Å². The molecule has 0 heterocycles. The summed E-state index contributed by atoms with van der Waals surface area (Å²) in [6.07, 6.45) is 8.01. The number of aryl methyl sites for hydroxylation is 1. The molecular weight excluding hydrogens is 324 g/mol. The van der Waals surface area contributed by atoms with Crippen molar-refractivity contribution in [1.82, 2.24) is 10.0 Å². The molecule has 1 fully saturated rings. The van der Waals surface area contributed by atoms with E-state index < -0.39 is 10.0 Å². The largest absolute Gasteiger partial charge is 0.349 e. The molecule has 24 heavy (non-hydrogen) atoms. The van der Waals surface area contributed by atoms with Crippen molar-refractivity contribution in [1.29, 1.82) is 0 Å². The van der Waals surface area contributed by atoms with Crippen LogP contribution in [0.1, 0.15) is 67.8 Å². The molecule has 2 rings (SSSR count). The second kappa shape index (κ2) is 8.62. The Morgan fingerprint density at radius 2 is 1.75 bits per heavy atom. The molecule has 5 nitrogen and oxygen atoms in total. The predicted molar refractivity (Wildman–Crippen MR) is 95.6 cm³/mol. The number of sulfonamides is 1. The van der Waals surface area contributed by atoms with Gasteiger partial charge in [0.15, 0.2) is 0 Å². The summed E-state index contributed by atoms with van der Waals surface area (Å²) in [5.74, 6) is -0.174. The minimum atomic E-state index is -3.56. The molecule has 0 atom stereocenters. The predicted octanol–water partition coefficient (Wildman–Crippen LogP) is 3.14. The van der Waals surface area contributed by atoms with E-state index in [1.165, 1.54) is 25.3 Å². The zero-order chi connectivity index (χ0) is 17.6. The lowest BCUT2D eigenvalue weighted by molar-refractivity contribution is 0.0929. The second-order valence-electron chi connectivity index (χ2n) is 6.49. The maximum atomic E-state index is 12.6. The summed E-state index contributed by atoms with van der Waals surface area (Å²) in [7, 11) is -3.56. The van der Waals surface area contributed by atoms with Gasteiger partial charge >= 0.3 is 0 Å². The van der Waals surface area contributed by atoms with E-state index in [-0.39, 0.29) is 16.8 Å². The Morgan fingerprint density at radius 1 is 1.12 bits per heavy atom. The number of amides is 1. The lowest BCUT2D eigenvalue weighted by Crippen LogP contribution is -2.35. The first-order valence-corrected chi connectivity index (χ1v) is 10.3. The Morgan fingerprint density at radius 3 is 2.38 bits per heavy atom. The summed E-state index contributed by atoms with van der Waals surface area (Å²) < 4.78 is 26.8. The number of rotatable bonds is 5. The maximum absolute atomic E-state index is 12.6. The normalized spacial score (nSPS) is 17.1. The van der Waals surface area contributed by atoms with Crippen molar-refractivity contribution in [3.8, 4) is 0 Å². The van der Waals surface area contributed by atoms with E-state index in [1.807, 2.05) is 6.92 Å². The Hall–Kier alpha value is -1.40. The standard InChI is InChI=1S/C18H28N2O3S/c1-3-19-24(22,23)16-12-11-14(2)17(13-16)18(21)20-15-9-7-5-4-6-8-10-15/h11-13,15,19H,3-10H2,1-2H3,(H,20,21). The van der Waals surface area contributed by atoms with E-state index in [1.54, 1.807) is 19.1 Å². The number of benzene rings is 1. The monoisotopic (exact) mass is 352 g/mol. The molecule has 1 aliphatic carbocycles. The Kier molecular flexibility index (Phi) is 6.80. The molecule has 0 spiro atoms. The molecule has 1 aromatic carbocycles. The van der Waals surface area contributed by atoms with Crippen molar-refractivity contribution >= 4 is 15.9 Å². The Bertz CT molecular complexity index is 663. The van der Waals surface area contributed by atoms with Crippen LogP contribution in [0.5, 0.6) is 0 Å². The topological polar surface area (TPSA) is 75.3 Å². The molecular formula is C18H28N2O3S. The first-order valence-electron chi connectivity index (χ1n) is 8.85. The van der Waals surface area contributed by atoms with Crippen molar-refractivity contribution in [2.45, 2.75) is 69.7 Å². The van der Waals surface area contributed by atoms with Gasteiger partial charge in [-0.15, -0.1) is 0 Å². The van der Waals surface area contributed by atoms with Gasteiger partial charge in [-0.1, -0.05) is 45.1 Å². The van der Waals surface area contributed by atoms with Gasteiger partial charge in [-0.2, -0.15) is 0 Å². The molecule has 1 amide bonds. The van der Waals surface area contributed by atoms with Gasteiger partial charge in [0, 0.05) is 18.2 Å². The van der Waals surface area contributed by atoms with Crippen molar-refractivity contribution in [2.24, 2.45) is 0 Å². The summed E-state index contributed by atoms with van der Waals surface area (Å²) in [6.45, 7) is 3.88. The highest BCUT2D eigenvalue weighted by molar-refractivity contribution is 7.89. The van der Waals surface area contributed by atoms with Crippen LogP contribution in [0.4, 0.5) is 0 Å². The van der Waals surface area contributed by atoms with Crippen molar-refractivity contribution in [3.05, 3.63) is 29.3 Å². The fraction of sp³-hybridized carbons (Fsp3) is 0.611. The summed E-state index contributed by atoms with van der Waals surface area (Å²) in [6, 6.07) is 4.90. The maximum Gasteiger partial charge on any atom is 0.251 e. The molecule has 1 saturated carbocycles. The summed E-state index contributed by atoms with van der Waals surface area (Å²) in [4.78, 5) is 12.8. The fourth-order valence-corrected chi connectivity index (χ4v) is 4.22. The first-order chi connectivity index (χ1) is 11.4. The number of nitrogens with one attached hydrogen (secondary N) is 2. The Balaban J connectivity index is 2.16. The average Bonchev–Trinajstić information content (AvgIpc) is 2.49. The van der Waals surface area contributed by atoms with Gasteiger partial charge in [-0.05, 0) is 37.5 Å². The first kappa shape index (κ1) is 18.9. The summed E-state index contributed by atoms with van der Waals surface area (Å²) in [5, 5.41) is 3.10. The van der Waals surface area contributed by atoms with Gasteiger partial charge < -0.3 is 5.32 Å². The third kappa shape index (κ3) is 5.05. The van der Waals surface area contributed by atoms with Crippen LogP contribution in [0.15, 0.2) is 23.1 Å². The minimum Gasteiger partial charge on any atom is -0.349 e. The quantitative estimate of drug-likeness (QED) is 0.855. The van der Waals surface area contributed by atoms with E-state index in [4.69, 9.17) is 0 Å². The molecule has 0 radical (unpaired) electrons. The van der Waals surface area contributed by atoms with Gasteiger partial charge in [-0.3, -0.25) is 4.79 Å². The van der Waals surface area contributed by atoms with Crippen LogP contribution in [0.2, 0.25) is 0 Å². The Labute approximate surface area is 145 Å². The number of carbonyl (C=O) groups excluding carboxylic acids is 1. The third-order valence-electron chi connectivity index (χ3n) is 4.54. The van der Waals surface area contributed by atoms with Gasteiger partial charge in [0.25, 0.3) is 5.91 Å². The van der Waals surface area contributed by atoms with Crippen LogP contribution in [0, 0.1) is 6.92 Å². The van der Waals surface area contributed by atoms with Gasteiger partial charge in [0.05, 0.1) is 4.90 Å². The smallest absolute Gasteiger partial charge is 0.251 e. The number of carbonyl (C=O) groups is 1. The van der Waals surface area contributed by atoms with Crippen LogP contribution in [0.25, 0.3) is 0 Å². The fourth-order valence-electron chi connectivity index (χ4n) is 3.15. The van der Waals surface area contributed by atoms with E-state index in [9.17, 15) is 13.2 Å². The van der Waals surface area contributed by atoms with Crippen molar-refractivity contribution < 1.29 is 13.2 Å². The van der Waals surface area contributed by atoms with E-state index in [0.29, 0.717) is 12.1 Å². The van der Waals surface area contributed by atoms with Gasteiger partial charge in [0.2, 0.25) is 10.0 Å².